The van der Waals surface area contributed by atoms with Crippen LogP contribution in [0.1, 0.15) is 36.8 Å². The Morgan fingerprint density at radius 3 is 2.52 bits per heavy atom. The molecule has 6 heteroatoms. The van der Waals surface area contributed by atoms with Crippen molar-refractivity contribution in [3.05, 3.63) is 35.4 Å². The van der Waals surface area contributed by atoms with Crippen molar-refractivity contribution in [2.45, 2.75) is 56.4 Å². The number of hydrogen-bond donors (Lipinski definition) is 1. The van der Waals surface area contributed by atoms with E-state index in [-0.39, 0.29) is 18.4 Å². The van der Waals surface area contributed by atoms with Gasteiger partial charge in [-0.1, -0.05) is 18.2 Å². The number of nitrogens with one attached hydrogen (secondary N) is 1. The van der Waals surface area contributed by atoms with Crippen LogP contribution < -0.4 is 5.32 Å². The molecule has 3 rings (SSSR count). The Morgan fingerprint density at radius 2 is 1.91 bits per heavy atom. The van der Waals surface area contributed by atoms with Crippen LogP contribution in [0.3, 0.4) is 0 Å². The minimum absolute atomic E-state index is 0.0136. The van der Waals surface area contributed by atoms with Gasteiger partial charge in [-0.2, -0.15) is 13.2 Å². The van der Waals surface area contributed by atoms with Gasteiger partial charge in [-0.05, 0) is 37.3 Å². The minimum Gasteiger partial charge on any atom is -0.342 e. The average molecular weight is 326 g/mol. The zero-order valence-corrected chi connectivity index (χ0v) is 13.1. The van der Waals surface area contributed by atoms with Crippen LogP contribution in [0.2, 0.25) is 0 Å². The molecular weight excluding hydrogens is 305 g/mol. The first-order chi connectivity index (χ1) is 10.8. The van der Waals surface area contributed by atoms with E-state index in [1.54, 1.807) is 18.0 Å². The molecule has 2 heterocycles. The lowest BCUT2D eigenvalue weighted by atomic mass is 9.98. The second-order valence-electron chi connectivity index (χ2n) is 6.64. The summed E-state index contributed by atoms with van der Waals surface area (Å²) in [5, 5.41) is 3.52. The monoisotopic (exact) mass is 326 g/mol. The molecule has 2 saturated heterocycles. The number of piperidine rings is 1. The molecule has 0 radical (unpaired) electrons. The van der Waals surface area contributed by atoms with E-state index in [0.29, 0.717) is 17.6 Å². The number of fused-ring (bicyclic) bond motifs is 2. The summed E-state index contributed by atoms with van der Waals surface area (Å²) in [7, 11) is 1.77. The van der Waals surface area contributed by atoms with Crippen molar-refractivity contribution in [2.75, 3.05) is 7.05 Å². The Kier molecular flexibility index (Phi) is 4.36. The summed E-state index contributed by atoms with van der Waals surface area (Å²) in [5.74, 6) is -0.115. The Bertz CT molecular complexity index is 575. The van der Waals surface area contributed by atoms with E-state index in [2.05, 4.69) is 5.32 Å². The Hall–Kier alpha value is -1.56. The fourth-order valence-electron chi connectivity index (χ4n) is 3.70. The summed E-state index contributed by atoms with van der Waals surface area (Å²) in [6.45, 7) is 0. The number of rotatable bonds is 3. The number of benzene rings is 1. The Morgan fingerprint density at radius 1 is 1.26 bits per heavy atom. The number of halogens is 3. The van der Waals surface area contributed by atoms with Crippen molar-refractivity contribution in [2.24, 2.45) is 0 Å². The van der Waals surface area contributed by atoms with E-state index >= 15 is 0 Å². The average Bonchev–Trinajstić information content (AvgIpc) is 2.84. The molecule has 2 unspecified atom stereocenters. The Balaban J connectivity index is 1.64. The molecule has 0 spiro atoms. The fraction of sp³-hybridized carbons (Fsp3) is 0.588. The quantitative estimate of drug-likeness (QED) is 0.926. The van der Waals surface area contributed by atoms with Gasteiger partial charge in [0.05, 0.1) is 12.0 Å². The summed E-state index contributed by atoms with van der Waals surface area (Å²) in [4.78, 5) is 14.2. The maximum absolute atomic E-state index is 12.7. The molecule has 2 aliphatic rings. The van der Waals surface area contributed by atoms with Gasteiger partial charge in [0.25, 0.3) is 0 Å². The normalized spacial score (nSPS) is 27.0. The molecule has 0 aliphatic carbocycles. The summed E-state index contributed by atoms with van der Waals surface area (Å²) in [6, 6.07) is 6.17. The lowest BCUT2D eigenvalue weighted by molar-refractivity contribution is -0.138. The van der Waals surface area contributed by atoms with Gasteiger partial charge in [0.1, 0.15) is 0 Å². The van der Waals surface area contributed by atoms with Crippen molar-refractivity contribution in [3.63, 3.8) is 0 Å². The second-order valence-corrected chi connectivity index (χ2v) is 6.64. The fourth-order valence-corrected chi connectivity index (χ4v) is 3.70. The van der Waals surface area contributed by atoms with Crippen LogP contribution in [0.4, 0.5) is 13.2 Å². The summed E-state index contributed by atoms with van der Waals surface area (Å²) in [5.41, 5.74) is -0.293. The number of carbonyl (C=O) groups is 1. The molecular formula is C17H21F3N2O. The molecule has 1 aromatic rings. The van der Waals surface area contributed by atoms with Gasteiger partial charge in [0.2, 0.25) is 5.91 Å². The van der Waals surface area contributed by atoms with Gasteiger partial charge in [0.15, 0.2) is 0 Å². The van der Waals surface area contributed by atoms with Crippen LogP contribution in [0.15, 0.2) is 24.3 Å². The largest absolute Gasteiger partial charge is 0.416 e. The molecule has 126 valence electrons. The van der Waals surface area contributed by atoms with Crippen LogP contribution in [-0.4, -0.2) is 36.0 Å². The predicted molar refractivity (Wildman–Crippen MR) is 80.9 cm³/mol. The van der Waals surface area contributed by atoms with Crippen molar-refractivity contribution >= 4 is 5.91 Å². The second kappa shape index (κ2) is 6.15. The number of alkyl halides is 3. The molecule has 3 nitrogen and oxygen atoms in total. The number of amides is 1. The smallest absolute Gasteiger partial charge is 0.342 e. The topological polar surface area (TPSA) is 32.3 Å². The summed E-state index contributed by atoms with van der Waals surface area (Å²) >= 11 is 0. The highest BCUT2D eigenvalue weighted by Crippen LogP contribution is 2.31. The lowest BCUT2D eigenvalue weighted by Gasteiger charge is -2.35. The van der Waals surface area contributed by atoms with Gasteiger partial charge in [-0.25, -0.2) is 0 Å². The van der Waals surface area contributed by atoms with E-state index in [4.69, 9.17) is 0 Å². The molecule has 23 heavy (non-hydrogen) atoms. The minimum atomic E-state index is -4.38. The number of hydrogen-bond acceptors (Lipinski definition) is 2. The van der Waals surface area contributed by atoms with Crippen LogP contribution >= 0.6 is 0 Å². The molecule has 2 atom stereocenters. The Labute approximate surface area is 133 Å². The molecule has 1 amide bonds. The highest BCUT2D eigenvalue weighted by Gasteiger charge is 2.36. The number of nitrogens with zero attached hydrogens (tertiary/aromatic N) is 1. The van der Waals surface area contributed by atoms with Crippen molar-refractivity contribution < 1.29 is 18.0 Å². The summed E-state index contributed by atoms with van der Waals surface area (Å²) in [6.07, 6.45) is -0.199. The van der Waals surface area contributed by atoms with Gasteiger partial charge >= 0.3 is 6.18 Å². The molecule has 2 bridgehead atoms. The van der Waals surface area contributed by atoms with E-state index in [9.17, 15) is 18.0 Å². The standard InChI is InChI=1S/C17H21F3N2O/c1-22(15-9-13-5-6-14(10-15)21-13)16(23)8-11-3-2-4-12(7-11)17(18,19)20/h2-4,7,13-15,21H,5-6,8-10H2,1H3. The van der Waals surface area contributed by atoms with Crippen molar-refractivity contribution in [3.8, 4) is 0 Å². The predicted octanol–water partition coefficient (Wildman–Crippen LogP) is 2.99. The molecule has 2 fully saturated rings. The molecule has 0 aromatic heterocycles. The summed E-state index contributed by atoms with van der Waals surface area (Å²) < 4.78 is 38.2. The van der Waals surface area contributed by atoms with E-state index in [1.165, 1.54) is 6.07 Å². The van der Waals surface area contributed by atoms with Gasteiger partial charge in [0, 0.05) is 25.2 Å². The molecule has 2 aliphatic heterocycles. The zero-order chi connectivity index (χ0) is 16.6. The lowest BCUT2D eigenvalue weighted by Crippen LogP contribution is -2.49. The van der Waals surface area contributed by atoms with Gasteiger partial charge in [-0.15, -0.1) is 0 Å². The highest BCUT2D eigenvalue weighted by atomic mass is 19.4. The first-order valence-electron chi connectivity index (χ1n) is 8.01. The van der Waals surface area contributed by atoms with E-state index in [1.807, 2.05) is 0 Å². The molecule has 0 saturated carbocycles. The third-order valence-corrected chi connectivity index (χ3v) is 5.00. The molecule has 1 aromatic carbocycles. The first-order valence-corrected chi connectivity index (χ1v) is 8.01. The van der Waals surface area contributed by atoms with Gasteiger partial charge < -0.3 is 10.2 Å². The third kappa shape index (κ3) is 3.68. The van der Waals surface area contributed by atoms with Gasteiger partial charge in [-0.3, -0.25) is 4.79 Å². The highest BCUT2D eigenvalue weighted by molar-refractivity contribution is 5.79. The van der Waals surface area contributed by atoms with Crippen LogP contribution in [0, 0.1) is 0 Å². The zero-order valence-electron chi connectivity index (χ0n) is 13.1. The number of carbonyl (C=O) groups excluding carboxylic acids is 1. The van der Waals surface area contributed by atoms with Crippen LogP contribution in [0.5, 0.6) is 0 Å². The van der Waals surface area contributed by atoms with Crippen molar-refractivity contribution in [1.29, 1.82) is 0 Å². The third-order valence-electron chi connectivity index (χ3n) is 5.00. The van der Waals surface area contributed by atoms with Crippen LogP contribution in [-0.2, 0) is 17.4 Å². The maximum Gasteiger partial charge on any atom is 0.416 e. The SMILES string of the molecule is CN(C(=O)Cc1cccc(C(F)(F)F)c1)C1CC2CCC(C1)N2. The van der Waals surface area contributed by atoms with E-state index < -0.39 is 11.7 Å². The maximum atomic E-state index is 12.7. The first kappa shape index (κ1) is 16.3. The van der Waals surface area contributed by atoms with E-state index in [0.717, 1.165) is 37.8 Å². The number of likely N-dealkylation sites (N-methyl/N-ethyl adjacent to an activating group) is 1. The van der Waals surface area contributed by atoms with Crippen molar-refractivity contribution in [1.82, 2.24) is 10.2 Å². The molecule has 1 N–H and O–H groups in total. The van der Waals surface area contributed by atoms with Crippen LogP contribution in [0.25, 0.3) is 0 Å².